The average Bonchev–Trinajstić information content (AvgIpc) is 2.54. The van der Waals surface area contributed by atoms with Crippen molar-refractivity contribution in [2.24, 2.45) is 0 Å². The molecule has 0 rings (SSSR count). The number of unbranched alkanes of at least 4 members (excludes halogenated alkanes) is 16. The van der Waals surface area contributed by atoms with Crippen LogP contribution < -0.4 is 0 Å². The third-order valence-electron chi connectivity index (χ3n) is 4.49. The maximum absolute atomic E-state index is 3.90. The first-order chi connectivity index (χ1) is 10.9. The van der Waals surface area contributed by atoms with Crippen LogP contribution in [0.4, 0.5) is 0 Å². The van der Waals surface area contributed by atoms with Crippen LogP contribution in [-0.4, -0.2) is 11.5 Å². The fourth-order valence-corrected chi connectivity index (χ4v) is 3.70. The molecule has 1 radical (unpaired) electrons. The molecule has 133 valence electrons. The molecule has 0 aromatic carbocycles. The third kappa shape index (κ3) is 20.3. The normalized spacial score (nSPS) is 11.2. The summed E-state index contributed by atoms with van der Waals surface area (Å²) in [7, 11) is 0. The van der Waals surface area contributed by atoms with Crippen LogP contribution in [0.1, 0.15) is 116 Å². The summed E-state index contributed by atoms with van der Waals surface area (Å²) in [5.74, 6) is 2.67. The molecule has 0 fully saturated rings. The molecule has 0 atom stereocenters. The molecule has 0 aliphatic carbocycles. The highest BCUT2D eigenvalue weighted by atomic mass is 32.2. The summed E-state index contributed by atoms with van der Waals surface area (Å²) in [4.78, 5) is 0. The Balaban J connectivity index is 2.91. The van der Waals surface area contributed by atoms with Gasteiger partial charge in [-0.15, -0.1) is 0 Å². The van der Waals surface area contributed by atoms with Crippen LogP contribution in [0.5, 0.6) is 0 Å². The van der Waals surface area contributed by atoms with Gasteiger partial charge >= 0.3 is 0 Å². The molecule has 0 aromatic heterocycles. The van der Waals surface area contributed by atoms with E-state index in [2.05, 4.69) is 25.6 Å². The van der Waals surface area contributed by atoms with Gasteiger partial charge in [0.15, 0.2) is 0 Å². The molecule has 0 N–H and O–H groups in total. The highest BCUT2D eigenvalue weighted by molar-refractivity contribution is 7.99. The molecular weight excluding hydrogens is 284 g/mol. The van der Waals surface area contributed by atoms with Crippen molar-refractivity contribution in [2.45, 2.75) is 116 Å². The Hall–Kier alpha value is 0.350. The van der Waals surface area contributed by atoms with Gasteiger partial charge in [-0.3, -0.25) is 0 Å². The summed E-state index contributed by atoms with van der Waals surface area (Å²) in [6.45, 7) is 6.16. The van der Waals surface area contributed by atoms with Crippen molar-refractivity contribution in [3.63, 3.8) is 0 Å². The minimum atomic E-state index is 1.12. The highest BCUT2D eigenvalue weighted by Gasteiger charge is 1.94. The number of hydrogen-bond acceptors (Lipinski definition) is 1. The molecule has 0 amide bonds. The zero-order valence-electron chi connectivity index (χ0n) is 15.6. The van der Waals surface area contributed by atoms with Gasteiger partial charge in [0.1, 0.15) is 0 Å². The summed E-state index contributed by atoms with van der Waals surface area (Å²) in [6, 6.07) is 0. The van der Waals surface area contributed by atoms with Crippen molar-refractivity contribution in [3.05, 3.63) is 6.92 Å². The first-order valence-electron chi connectivity index (χ1n) is 10.3. The van der Waals surface area contributed by atoms with Gasteiger partial charge in [-0.25, -0.2) is 0 Å². The van der Waals surface area contributed by atoms with Gasteiger partial charge in [0, 0.05) is 0 Å². The zero-order valence-corrected chi connectivity index (χ0v) is 16.4. The minimum Gasteiger partial charge on any atom is -0.162 e. The molecule has 0 saturated carbocycles. The summed E-state index contributed by atoms with van der Waals surface area (Å²) >= 11 is 2.09. The summed E-state index contributed by atoms with van der Waals surface area (Å²) < 4.78 is 0. The van der Waals surface area contributed by atoms with Crippen molar-refractivity contribution < 1.29 is 0 Å². The summed E-state index contributed by atoms with van der Waals surface area (Å²) in [5.41, 5.74) is 0. The van der Waals surface area contributed by atoms with E-state index in [1.54, 1.807) is 0 Å². The van der Waals surface area contributed by atoms with Gasteiger partial charge in [-0.05, 0) is 17.9 Å². The summed E-state index contributed by atoms with van der Waals surface area (Å²) in [6.07, 6.45) is 24.4. The second kappa shape index (κ2) is 21.4. The van der Waals surface area contributed by atoms with Crippen molar-refractivity contribution in [1.82, 2.24) is 0 Å². The second-order valence-electron chi connectivity index (χ2n) is 6.71. The van der Waals surface area contributed by atoms with Crippen LogP contribution in [0.2, 0.25) is 0 Å². The van der Waals surface area contributed by atoms with Crippen LogP contribution in [0, 0.1) is 6.92 Å². The molecule has 1 heteroatoms. The molecule has 22 heavy (non-hydrogen) atoms. The first-order valence-corrected chi connectivity index (χ1v) is 11.4. The molecule has 0 aliphatic rings. The van der Waals surface area contributed by atoms with Crippen LogP contribution >= 0.6 is 11.8 Å². The molecule has 0 nitrogen and oxygen atoms in total. The Morgan fingerprint density at radius 2 is 0.818 bits per heavy atom. The zero-order chi connectivity index (χ0) is 16.1. The van der Waals surface area contributed by atoms with E-state index in [0.717, 1.165) is 6.42 Å². The van der Waals surface area contributed by atoms with Crippen LogP contribution in [0.15, 0.2) is 0 Å². The van der Waals surface area contributed by atoms with Gasteiger partial charge in [0.2, 0.25) is 0 Å². The van der Waals surface area contributed by atoms with Crippen LogP contribution in [-0.2, 0) is 0 Å². The van der Waals surface area contributed by atoms with Crippen molar-refractivity contribution in [3.8, 4) is 0 Å². The minimum absolute atomic E-state index is 1.12. The Morgan fingerprint density at radius 3 is 1.14 bits per heavy atom. The Bertz CT molecular complexity index is 159. The van der Waals surface area contributed by atoms with E-state index in [1.165, 1.54) is 114 Å². The van der Waals surface area contributed by atoms with Gasteiger partial charge in [-0.1, -0.05) is 117 Å². The monoisotopic (exact) mass is 327 g/mol. The fraction of sp³-hybridized carbons (Fsp3) is 0.952. The molecule has 0 aromatic rings. The quantitative estimate of drug-likeness (QED) is 0.215. The largest absolute Gasteiger partial charge is 0.162 e. The van der Waals surface area contributed by atoms with Crippen molar-refractivity contribution in [2.75, 3.05) is 11.5 Å². The average molecular weight is 328 g/mol. The van der Waals surface area contributed by atoms with Crippen molar-refractivity contribution >= 4 is 11.8 Å². The van der Waals surface area contributed by atoms with Crippen LogP contribution in [0.3, 0.4) is 0 Å². The smallest absolute Gasteiger partial charge is 0.00676 e. The number of rotatable bonds is 19. The van der Waals surface area contributed by atoms with E-state index in [4.69, 9.17) is 0 Å². The SMILES string of the molecule is [CH2]CCCCCCCCCCCCCCCCCCSCC. The number of hydrogen-bond donors (Lipinski definition) is 0. The molecule has 0 bridgehead atoms. The second-order valence-corrected chi connectivity index (χ2v) is 8.10. The van der Waals surface area contributed by atoms with Gasteiger partial charge < -0.3 is 0 Å². The Morgan fingerprint density at radius 1 is 0.500 bits per heavy atom. The third-order valence-corrected chi connectivity index (χ3v) is 5.48. The van der Waals surface area contributed by atoms with E-state index >= 15 is 0 Å². The van der Waals surface area contributed by atoms with E-state index in [9.17, 15) is 0 Å². The predicted octanol–water partition coefficient (Wildman–Crippen LogP) is 8.21. The lowest BCUT2D eigenvalue weighted by molar-refractivity contribution is 0.530. The fourth-order valence-electron chi connectivity index (χ4n) is 3.00. The number of thioether (sulfide) groups is 1. The molecule has 0 spiro atoms. The molecule has 0 aliphatic heterocycles. The van der Waals surface area contributed by atoms with E-state index in [-0.39, 0.29) is 0 Å². The molecular formula is C21H43S. The molecule has 0 saturated heterocycles. The summed E-state index contributed by atoms with van der Waals surface area (Å²) in [5, 5.41) is 0. The lowest BCUT2D eigenvalue weighted by Crippen LogP contribution is -1.85. The standard InChI is InChI=1S/C21H43S/c1-3-5-6-7-8-9-10-11-12-13-14-15-16-17-18-19-20-21-22-4-2/h1,3-21H2,2H3. The lowest BCUT2D eigenvalue weighted by atomic mass is 10.0. The molecule has 0 heterocycles. The van der Waals surface area contributed by atoms with Gasteiger partial charge in [0.05, 0.1) is 0 Å². The van der Waals surface area contributed by atoms with E-state index in [1.807, 2.05) is 0 Å². The Kier molecular flexibility index (Phi) is 21.7. The topological polar surface area (TPSA) is 0 Å². The maximum Gasteiger partial charge on any atom is -0.00676 e. The first kappa shape index (κ1) is 22.4. The Labute approximate surface area is 146 Å². The molecule has 0 unspecified atom stereocenters. The maximum atomic E-state index is 3.90. The highest BCUT2D eigenvalue weighted by Crippen LogP contribution is 2.14. The van der Waals surface area contributed by atoms with Gasteiger partial charge in [-0.2, -0.15) is 11.8 Å². The van der Waals surface area contributed by atoms with E-state index in [0.29, 0.717) is 0 Å². The lowest BCUT2D eigenvalue weighted by Gasteiger charge is -2.03. The predicted molar refractivity (Wildman–Crippen MR) is 107 cm³/mol. The van der Waals surface area contributed by atoms with Crippen LogP contribution in [0.25, 0.3) is 0 Å². The van der Waals surface area contributed by atoms with Crippen molar-refractivity contribution in [1.29, 1.82) is 0 Å². The van der Waals surface area contributed by atoms with E-state index < -0.39 is 0 Å². The van der Waals surface area contributed by atoms with Gasteiger partial charge in [0.25, 0.3) is 0 Å².